The molecule has 2 heterocycles. The standard InChI is InChI=1S/C12H16ClN3O2/c1-15(12(17)18)9-3-2-6-16(8-9)11-7-14-5-4-10(11)13/h4-5,7,9H,2-3,6,8H2,1H3,(H,17,18). The fraction of sp³-hybridized carbons (Fsp3) is 0.500. The third-order valence-corrected chi connectivity index (χ3v) is 3.65. The van der Waals surface area contributed by atoms with Gasteiger partial charge in [-0.05, 0) is 18.9 Å². The fourth-order valence-electron chi connectivity index (χ4n) is 2.25. The van der Waals surface area contributed by atoms with Crippen molar-refractivity contribution in [1.82, 2.24) is 9.88 Å². The van der Waals surface area contributed by atoms with E-state index in [0.717, 1.165) is 25.1 Å². The highest BCUT2D eigenvalue weighted by Crippen LogP contribution is 2.27. The van der Waals surface area contributed by atoms with Gasteiger partial charge in [-0.1, -0.05) is 11.6 Å². The Balaban J connectivity index is 2.12. The highest BCUT2D eigenvalue weighted by Gasteiger charge is 2.26. The number of hydrogen-bond donors (Lipinski definition) is 1. The minimum absolute atomic E-state index is 0.00697. The molecular weight excluding hydrogens is 254 g/mol. The molecule has 1 N–H and O–H groups in total. The van der Waals surface area contributed by atoms with E-state index in [-0.39, 0.29) is 6.04 Å². The molecule has 1 atom stereocenters. The third-order valence-electron chi connectivity index (χ3n) is 3.34. The summed E-state index contributed by atoms with van der Waals surface area (Å²) in [6.45, 7) is 1.55. The number of likely N-dealkylation sites (N-methyl/N-ethyl adjacent to an activating group) is 1. The van der Waals surface area contributed by atoms with Gasteiger partial charge in [0.05, 0.1) is 22.9 Å². The molecule has 1 aliphatic rings. The van der Waals surface area contributed by atoms with Crippen molar-refractivity contribution < 1.29 is 9.90 Å². The van der Waals surface area contributed by atoms with Crippen molar-refractivity contribution in [3.63, 3.8) is 0 Å². The van der Waals surface area contributed by atoms with Gasteiger partial charge in [0.15, 0.2) is 0 Å². The van der Waals surface area contributed by atoms with Crippen LogP contribution in [0, 0.1) is 0 Å². The molecule has 1 aromatic rings. The van der Waals surface area contributed by atoms with Gasteiger partial charge in [-0.25, -0.2) is 4.79 Å². The smallest absolute Gasteiger partial charge is 0.407 e. The minimum atomic E-state index is -0.890. The van der Waals surface area contributed by atoms with Crippen LogP contribution in [0.1, 0.15) is 12.8 Å². The summed E-state index contributed by atoms with van der Waals surface area (Å²) in [4.78, 5) is 18.5. The number of piperidine rings is 1. The van der Waals surface area contributed by atoms with E-state index >= 15 is 0 Å². The van der Waals surface area contributed by atoms with Crippen LogP contribution in [0.4, 0.5) is 10.5 Å². The molecule has 1 aliphatic heterocycles. The second-order valence-corrected chi connectivity index (χ2v) is 4.87. The Kier molecular flexibility index (Phi) is 3.91. The van der Waals surface area contributed by atoms with E-state index in [1.54, 1.807) is 25.5 Å². The molecule has 1 unspecified atom stereocenters. The topological polar surface area (TPSA) is 56.7 Å². The quantitative estimate of drug-likeness (QED) is 0.895. The first-order valence-electron chi connectivity index (χ1n) is 5.90. The Morgan fingerprint density at radius 3 is 3.11 bits per heavy atom. The number of anilines is 1. The SMILES string of the molecule is CN(C(=O)O)C1CCCN(c2cnccc2Cl)C1. The Morgan fingerprint density at radius 1 is 1.67 bits per heavy atom. The maximum absolute atomic E-state index is 11.0. The number of halogens is 1. The van der Waals surface area contributed by atoms with Crippen molar-refractivity contribution >= 4 is 23.4 Å². The molecule has 1 saturated heterocycles. The van der Waals surface area contributed by atoms with Gasteiger partial charge in [0.25, 0.3) is 0 Å². The van der Waals surface area contributed by atoms with E-state index in [0.29, 0.717) is 11.6 Å². The Labute approximate surface area is 111 Å². The largest absolute Gasteiger partial charge is 0.465 e. The monoisotopic (exact) mass is 269 g/mol. The molecule has 2 rings (SSSR count). The van der Waals surface area contributed by atoms with Crippen LogP contribution in [0.5, 0.6) is 0 Å². The predicted octanol–water partition coefficient (Wildman–Crippen LogP) is 2.31. The lowest BCUT2D eigenvalue weighted by Crippen LogP contribution is -2.48. The van der Waals surface area contributed by atoms with Crippen LogP contribution in [0.15, 0.2) is 18.5 Å². The molecule has 0 aliphatic carbocycles. The van der Waals surface area contributed by atoms with Gasteiger partial charge >= 0.3 is 6.09 Å². The summed E-state index contributed by atoms with van der Waals surface area (Å²) >= 11 is 6.14. The van der Waals surface area contributed by atoms with Crippen molar-refractivity contribution in [2.75, 3.05) is 25.0 Å². The molecule has 0 bridgehead atoms. The third kappa shape index (κ3) is 2.67. The molecule has 0 spiro atoms. The summed E-state index contributed by atoms with van der Waals surface area (Å²) in [5, 5.41) is 9.67. The number of rotatable bonds is 2. The molecule has 0 aromatic carbocycles. The number of carbonyl (C=O) groups is 1. The average Bonchev–Trinajstić information content (AvgIpc) is 2.38. The number of amides is 1. The molecule has 1 amide bonds. The first-order chi connectivity index (χ1) is 8.59. The van der Waals surface area contributed by atoms with Gasteiger partial charge in [0, 0.05) is 26.3 Å². The van der Waals surface area contributed by atoms with Crippen molar-refractivity contribution in [3.05, 3.63) is 23.5 Å². The summed E-state index contributed by atoms with van der Waals surface area (Å²) < 4.78 is 0. The average molecular weight is 270 g/mol. The maximum atomic E-state index is 11.0. The lowest BCUT2D eigenvalue weighted by atomic mass is 10.0. The summed E-state index contributed by atoms with van der Waals surface area (Å²) in [6.07, 6.45) is 4.33. The van der Waals surface area contributed by atoms with E-state index in [1.807, 2.05) is 0 Å². The van der Waals surface area contributed by atoms with Crippen LogP contribution in [0.2, 0.25) is 5.02 Å². The maximum Gasteiger partial charge on any atom is 0.407 e. The second kappa shape index (κ2) is 5.44. The first-order valence-corrected chi connectivity index (χ1v) is 6.27. The lowest BCUT2D eigenvalue weighted by molar-refractivity contribution is 0.133. The number of nitrogens with zero attached hydrogens (tertiary/aromatic N) is 3. The zero-order chi connectivity index (χ0) is 13.1. The van der Waals surface area contributed by atoms with Gasteiger partial charge in [0.1, 0.15) is 0 Å². The predicted molar refractivity (Wildman–Crippen MR) is 70.3 cm³/mol. The molecule has 98 valence electrons. The zero-order valence-electron chi connectivity index (χ0n) is 10.2. The highest BCUT2D eigenvalue weighted by molar-refractivity contribution is 6.33. The van der Waals surface area contributed by atoms with Gasteiger partial charge in [-0.2, -0.15) is 0 Å². The van der Waals surface area contributed by atoms with E-state index in [9.17, 15) is 4.79 Å². The molecular formula is C12H16ClN3O2. The van der Waals surface area contributed by atoms with Crippen molar-refractivity contribution in [2.45, 2.75) is 18.9 Å². The number of pyridine rings is 1. The van der Waals surface area contributed by atoms with Crippen LogP contribution in [0.3, 0.4) is 0 Å². The molecule has 5 nitrogen and oxygen atoms in total. The zero-order valence-corrected chi connectivity index (χ0v) is 11.0. The molecule has 1 aromatic heterocycles. The van der Waals surface area contributed by atoms with Crippen LogP contribution in [0.25, 0.3) is 0 Å². The first kappa shape index (κ1) is 13.0. The lowest BCUT2D eigenvalue weighted by Gasteiger charge is -2.37. The van der Waals surface area contributed by atoms with E-state index in [2.05, 4.69) is 9.88 Å². The van der Waals surface area contributed by atoms with E-state index < -0.39 is 6.09 Å². The van der Waals surface area contributed by atoms with Crippen LogP contribution in [-0.2, 0) is 0 Å². The van der Waals surface area contributed by atoms with Gasteiger partial charge in [-0.3, -0.25) is 4.98 Å². The second-order valence-electron chi connectivity index (χ2n) is 4.46. The van der Waals surface area contributed by atoms with E-state index in [4.69, 9.17) is 16.7 Å². The molecule has 1 fully saturated rings. The Bertz CT molecular complexity index is 441. The van der Waals surface area contributed by atoms with Crippen LogP contribution < -0.4 is 4.90 Å². The fourth-order valence-corrected chi connectivity index (χ4v) is 2.47. The summed E-state index contributed by atoms with van der Waals surface area (Å²) in [7, 11) is 1.61. The van der Waals surface area contributed by atoms with Crippen molar-refractivity contribution in [3.8, 4) is 0 Å². The summed E-state index contributed by atoms with van der Waals surface area (Å²) in [5.74, 6) is 0. The normalized spacial score (nSPS) is 19.7. The van der Waals surface area contributed by atoms with Crippen LogP contribution in [-0.4, -0.2) is 47.3 Å². The van der Waals surface area contributed by atoms with E-state index in [1.165, 1.54) is 4.90 Å². The molecule has 0 radical (unpaired) electrons. The van der Waals surface area contributed by atoms with Crippen LogP contribution >= 0.6 is 11.6 Å². The number of carboxylic acid groups (broad SMARTS) is 1. The summed E-state index contributed by atoms with van der Waals surface area (Å²) in [5.41, 5.74) is 0.877. The van der Waals surface area contributed by atoms with Gasteiger partial charge < -0.3 is 14.9 Å². The number of aromatic nitrogens is 1. The number of hydrogen-bond acceptors (Lipinski definition) is 3. The van der Waals surface area contributed by atoms with Gasteiger partial charge in [-0.15, -0.1) is 0 Å². The molecule has 6 heteroatoms. The summed E-state index contributed by atoms with van der Waals surface area (Å²) in [6, 6.07) is 1.76. The minimum Gasteiger partial charge on any atom is -0.465 e. The molecule has 18 heavy (non-hydrogen) atoms. The molecule has 0 saturated carbocycles. The van der Waals surface area contributed by atoms with Crippen molar-refractivity contribution in [2.24, 2.45) is 0 Å². The van der Waals surface area contributed by atoms with Crippen molar-refractivity contribution in [1.29, 1.82) is 0 Å². The Morgan fingerprint density at radius 2 is 2.44 bits per heavy atom. The van der Waals surface area contributed by atoms with Gasteiger partial charge in [0.2, 0.25) is 0 Å². The highest BCUT2D eigenvalue weighted by atomic mass is 35.5. The Hall–Kier alpha value is -1.49.